The van der Waals surface area contributed by atoms with Gasteiger partial charge in [0.1, 0.15) is 0 Å². The summed E-state index contributed by atoms with van der Waals surface area (Å²) in [5, 5.41) is 0. The third-order valence-electron chi connectivity index (χ3n) is 3.11. The maximum Gasteiger partial charge on any atom is 0.0620 e. The van der Waals surface area contributed by atoms with Gasteiger partial charge in [-0.15, -0.1) is 0 Å². The first-order valence-electron chi connectivity index (χ1n) is 6.21. The SMILES string of the molecule is Cc1ccc(N)c(S(=O)CCN2CCOCC2)c1. The van der Waals surface area contributed by atoms with Gasteiger partial charge in [0, 0.05) is 31.1 Å². The molecule has 1 aromatic rings. The lowest BCUT2D eigenvalue weighted by atomic mass is 10.2. The zero-order valence-corrected chi connectivity index (χ0v) is 11.5. The zero-order chi connectivity index (χ0) is 13.0. The molecule has 1 aliphatic heterocycles. The van der Waals surface area contributed by atoms with Crippen LogP contribution in [0, 0.1) is 6.92 Å². The van der Waals surface area contributed by atoms with Crippen LogP contribution in [-0.2, 0) is 15.5 Å². The lowest BCUT2D eigenvalue weighted by Crippen LogP contribution is -2.38. The van der Waals surface area contributed by atoms with Gasteiger partial charge in [0.15, 0.2) is 0 Å². The monoisotopic (exact) mass is 268 g/mol. The van der Waals surface area contributed by atoms with Crippen LogP contribution < -0.4 is 5.73 Å². The predicted molar refractivity (Wildman–Crippen MR) is 74.1 cm³/mol. The lowest BCUT2D eigenvalue weighted by Gasteiger charge is -2.26. The summed E-state index contributed by atoms with van der Waals surface area (Å²) in [4.78, 5) is 3.05. The fraction of sp³-hybridized carbons (Fsp3) is 0.538. The highest BCUT2D eigenvalue weighted by Gasteiger charge is 2.13. The quantitative estimate of drug-likeness (QED) is 0.828. The van der Waals surface area contributed by atoms with Crippen molar-refractivity contribution in [3.05, 3.63) is 23.8 Å². The molecule has 0 spiro atoms. The first-order valence-corrected chi connectivity index (χ1v) is 7.53. The van der Waals surface area contributed by atoms with E-state index in [1.54, 1.807) is 0 Å². The van der Waals surface area contributed by atoms with Crippen LogP contribution in [0.4, 0.5) is 5.69 Å². The Balaban J connectivity index is 1.92. The number of nitrogens with two attached hydrogens (primary N) is 1. The number of nitrogens with zero attached hydrogens (tertiary/aromatic N) is 1. The summed E-state index contributed by atoms with van der Waals surface area (Å²) in [6.07, 6.45) is 0. The van der Waals surface area contributed by atoms with E-state index in [2.05, 4.69) is 4.90 Å². The van der Waals surface area contributed by atoms with E-state index in [-0.39, 0.29) is 0 Å². The number of nitrogen functional groups attached to an aromatic ring is 1. The van der Waals surface area contributed by atoms with E-state index < -0.39 is 10.8 Å². The molecule has 1 aromatic carbocycles. The van der Waals surface area contributed by atoms with E-state index in [4.69, 9.17) is 10.5 Å². The molecule has 0 amide bonds. The van der Waals surface area contributed by atoms with Crippen molar-refractivity contribution in [2.45, 2.75) is 11.8 Å². The van der Waals surface area contributed by atoms with Crippen molar-refractivity contribution in [1.29, 1.82) is 0 Å². The molecule has 0 aromatic heterocycles. The number of ether oxygens (including phenoxy) is 1. The molecule has 1 atom stereocenters. The molecule has 1 aliphatic rings. The topological polar surface area (TPSA) is 55.6 Å². The van der Waals surface area contributed by atoms with Gasteiger partial charge in [-0.3, -0.25) is 9.11 Å². The van der Waals surface area contributed by atoms with E-state index >= 15 is 0 Å². The van der Waals surface area contributed by atoms with Gasteiger partial charge in [0.05, 0.1) is 28.9 Å². The largest absolute Gasteiger partial charge is 0.398 e. The van der Waals surface area contributed by atoms with Crippen LogP contribution in [0.25, 0.3) is 0 Å². The fourth-order valence-electron chi connectivity index (χ4n) is 1.99. The summed E-state index contributed by atoms with van der Waals surface area (Å²) in [7, 11) is -1.01. The summed E-state index contributed by atoms with van der Waals surface area (Å²) < 4.78 is 17.5. The summed E-state index contributed by atoms with van der Waals surface area (Å²) in [5.74, 6) is 0.633. The van der Waals surface area contributed by atoms with Crippen molar-refractivity contribution < 1.29 is 8.95 Å². The van der Waals surface area contributed by atoms with E-state index in [9.17, 15) is 4.21 Å². The van der Waals surface area contributed by atoms with Gasteiger partial charge in [-0.2, -0.15) is 0 Å². The normalized spacial score (nSPS) is 18.7. The highest BCUT2D eigenvalue weighted by atomic mass is 32.2. The van der Waals surface area contributed by atoms with Gasteiger partial charge >= 0.3 is 0 Å². The van der Waals surface area contributed by atoms with E-state index in [0.717, 1.165) is 43.3 Å². The Morgan fingerprint density at radius 3 is 2.83 bits per heavy atom. The van der Waals surface area contributed by atoms with Crippen LogP contribution in [0.1, 0.15) is 5.56 Å². The molecular formula is C13H20N2O2S. The van der Waals surface area contributed by atoms with Crippen LogP contribution in [-0.4, -0.2) is 47.7 Å². The van der Waals surface area contributed by atoms with Crippen LogP contribution in [0.15, 0.2) is 23.1 Å². The van der Waals surface area contributed by atoms with Crippen molar-refractivity contribution in [2.75, 3.05) is 44.3 Å². The molecule has 1 saturated heterocycles. The minimum atomic E-state index is -1.01. The van der Waals surface area contributed by atoms with Crippen LogP contribution in [0.5, 0.6) is 0 Å². The van der Waals surface area contributed by atoms with Gasteiger partial charge in [-0.1, -0.05) is 6.07 Å². The van der Waals surface area contributed by atoms with Crippen LogP contribution in [0.2, 0.25) is 0 Å². The van der Waals surface area contributed by atoms with Crippen molar-refractivity contribution >= 4 is 16.5 Å². The Morgan fingerprint density at radius 1 is 1.39 bits per heavy atom. The number of hydrogen-bond donors (Lipinski definition) is 1. The van der Waals surface area contributed by atoms with Gasteiger partial charge in [-0.25, -0.2) is 0 Å². The van der Waals surface area contributed by atoms with Gasteiger partial charge in [0.25, 0.3) is 0 Å². The predicted octanol–water partition coefficient (Wildman–Crippen LogP) is 1.02. The lowest BCUT2D eigenvalue weighted by molar-refractivity contribution is 0.0409. The summed E-state index contributed by atoms with van der Waals surface area (Å²) in [5.41, 5.74) is 7.59. The second kappa shape index (κ2) is 6.31. The van der Waals surface area contributed by atoms with Crippen molar-refractivity contribution in [3.63, 3.8) is 0 Å². The molecular weight excluding hydrogens is 248 g/mol. The minimum Gasteiger partial charge on any atom is -0.398 e. The van der Waals surface area contributed by atoms with Crippen LogP contribution in [0.3, 0.4) is 0 Å². The number of morpholine rings is 1. The first kappa shape index (κ1) is 13.5. The highest BCUT2D eigenvalue weighted by molar-refractivity contribution is 7.85. The molecule has 1 unspecified atom stereocenters. The number of benzene rings is 1. The Kier molecular flexibility index (Phi) is 4.74. The van der Waals surface area contributed by atoms with Crippen molar-refractivity contribution in [2.24, 2.45) is 0 Å². The Morgan fingerprint density at radius 2 is 2.11 bits per heavy atom. The van der Waals surface area contributed by atoms with Gasteiger partial charge < -0.3 is 10.5 Å². The van der Waals surface area contributed by atoms with Crippen molar-refractivity contribution in [3.8, 4) is 0 Å². The molecule has 18 heavy (non-hydrogen) atoms. The average Bonchev–Trinajstić information content (AvgIpc) is 2.40. The van der Waals surface area contributed by atoms with E-state index in [1.807, 2.05) is 25.1 Å². The summed E-state index contributed by atoms with van der Waals surface area (Å²) in [6, 6.07) is 5.69. The Bertz CT molecular complexity index is 431. The van der Waals surface area contributed by atoms with Crippen molar-refractivity contribution in [1.82, 2.24) is 4.90 Å². The summed E-state index contributed by atoms with van der Waals surface area (Å²) in [6.45, 7) is 6.24. The molecule has 1 fully saturated rings. The average molecular weight is 268 g/mol. The molecule has 0 radical (unpaired) electrons. The zero-order valence-electron chi connectivity index (χ0n) is 10.7. The molecule has 1 heterocycles. The molecule has 0 bridgehead atoms. The molecule has 0 saturated carbocycles. The molecule has 2 N–H and O–H groups in total. The Labute approximate surface area is 111 Å². The molecule has 100 valence electrons. The molecule has 5 heteroatoms. The number of rotatable bonds is 4. The second-order valence-electron chi connectivity index (χ2n) is 4.54. The first-order chi connectivity index (χ1) is 8.66. The Hall–Kier alpha value is -0.910. The highest BCUT2D eigenvalue weighted by Crippen LogP contribution is 2.18. The van der Waals surface area contributed by atoms with E-state index in [0.29, 0.717) is 11.4 Å². The minimum absolute atomic E-state index is 0.626. The van der Waals surface area contributed by atoms with Gasteiger partial charge in [0.2, 0.25) is 0 Å². The fourth-order valence-corrected chi connectivity index (χ4v) is 3.28. The van der Waals surface area contributed by atoms with E-state index in [1.165, 1.54) is 0 Å². The standard InChI is InChI=1S/C13H20N2O2S/c1-11-2-3-12(14)13(10-11)18(16)9-6-15-4-7-17-8-5-15/h2-3,10H,4-9,14H2,1H3. The maximum absolute atomic E-state index is 12.2. The second-order valence-corrected chi connectivity index (χ2v) is 6.08. The molecule has 2 rings (SSSR count). The maximum atomic E-state index is 12.2. The third kappa shape index (κ3) is 3.54. The van der Waals surface area contributed by atoms with Gasteiger partial charge in [-0.05, 0) is 24.6 Å². The molecule has 0 aliphatic carbocycles. The molecule has 4 nitrogen and oxygen atoms in total. The number of hydrogen-bond acceptors (Lipinski definition) is 4. The smallest absolute Gasteiger partial charge is 0.0620 e. The number of aryl methyl sites for hydroxylation is 1. The summed E-state index contributed by atoms with van der Waals surface area (Å²) >= 11 is 0. The third-order valence-corrected chi connectivity index (χ3v) is 4.51. The number of anilines is 1. The van der Waals surface area contributed by atoms with Crippen LogP contribution >= 0.6 is 0 Å².